The number of carbonyl (C=O) groups is 1. The highest BCUT2D eigenvalue weighted by molar-refractivity contribution is 7.89. The number of hydrogen-bond acceptors (Lipinski definition) is 3. The lowest BCUT2D eigenvalue weighted by atomic mass is 9.99. The van der Waals surface area contributed by atoms with E-state index in [1.54, 1.807) is 0 Å². The Kier molecular flexibility index (Phi) is 7.03. The minimum atomic E-state index is -3.72. The zero-order valence-electron chi connectivity index (χ0n) is 16.6. The minimum Gasteiger partial charge on any atom is -0.356 e. The lowest BCUT2D eigenvalue weighted by molar-refractivity contribution is -0.126. The summed E-state index contributed by atoms with van der Waals surface area (Å²) in [6.45, 7) is 3.14. The fraction of sp³-hybridized carbons (Fsp3) is 0.409. The standard InChI is InChI=1S/C22H27FN2O3S/c1-17-6-8-18(9-7-17)4-2-14-24-22(26)19-5-3-15-25(16-19)29(27,28)21-12-10-20(23)11-13-21/h6-13,19H,2-5,14-16H2,1H3,(H,24,26). The van der Waals surface area contributed by atoms with E-state index in [1.165, 1.54) is 27.6 Å². The molecule has 1 saturated heterocycles. The lowest BCUT2D eigenvalue weighted by Crippen LogP contribution is -2.45. The van der Waals surface area contributed by atoms with Gasteiger partial charge in [-0.2, -0.15) is 4.31 Å². The molecule has 156 valence electrons. The van der Waals surface area contributed by atoms with Crippen LogP contribution < -0.4 is 5.32 Å². The van der Waals surface area contributed by atoms with E-state index in [2.05, 4.69) is 29.6 Å². The first-order valence-electron chi connectivity index (χ1n) is 9.95. The Morgan fingerprint density at radius 2 is 1.83 bits per heavy atom. The molecule has 1 atom stereocenters. The number of carbonyl (C=O) groups excluding carboxylic acids is 1. The first-order chi connectivity index (χ1) is 13.9. The van der Waals surface area contributed by atoms with Gasteiger partial charge in [0.25, 0.3) is 0 Å². The quantitative estimate of drug-likeness (QED) is 0.702. The summed E-state index contributed by atoms with van der Waals surface area (Å²) in [6.07, 6.45) is 3.01. The van der Waals surface area contributed by atoms with E-state index in [4.69, 9.17) is 0 Å². The monoisotopic (exact) mass is 418 g/mol. The SMILES string of the molecule is Cc1ccc(CCCNC(=O)C2CCCN(S(=O)(=O)c3ccc(F)cc3)C2)cc1. The van der Waals surface area contributed by atoms with Gasteiger partial charge in [0.1, 0.15) is 5.82 Å². The molecule has 7 heteroatoms. The summed E-state index contributed by atoms with van der Waals surface area (Å²) in [5.41, 5.74) is 2.46. The largest absolute Gasteiger partial charge is 0.356 e. The predicted molar refractivity (Wildman–Crippen MR) is 110 cm³/mol. The Balaban J connectivity index is 1.51. The molecular formula is C22H27FN2O3S. The van der Waals surface area contributed by atoms with E-state index < -0.39 is 15.8 Å². The first kappa shape index (κ1) is 21.5. The summed E-state index contributed by atoms with van der Waals surface area (Å²) in [7, 11) is -3.72. The summed E-state index contributed by atoms with van der Waals surface area (Å²) in [6, 6.07) is 13.1. The molecule has 1 N–H and O–H groups in total. The second kappa shape index (κ2) is 9.50. The highest BCUT2D eigenvalue weighted by Gasteiger charge is 2.33. The highest BCUT2D eigenvalue weighted by Crippen LogP contribution is 2.24. The van der Waals surface area contributed by atoms with Crippen molar-refractivity contribution in [2.24, 2.45) is 5.92 Å². The Labute approximate surface area is 172 Å². The molecule has 1 amide bonds. The van der Waals surface area contributed by atoms with Gasteiger partial charge in [-0.3, -0.25) is 4.79 Å². The molecule has 0 radical (unpaired) electrons. The number of sulfonamides is 1. The predicted octanol–water partition coefficient (Wildman–Crippen LogP) is 3.28. The van der Waals surface area contributed by atoms with Crippen LogP contribution in [0, 0.1) is 18.7 Å². The van der Waals surface area contributed by atoms with Gasteiger partial charge >= 0.3 is 0 Å². The summed E-state index contributed by atoms with van der Waals surface area (Å²) >= 11 is 0. The number of nitrogens with one attached hydrogen (secondary N) is 1. The molecule has 1 fully saturated rings. The van der Waals surface area contributed by atoms with Crippen LogP contribution in [-0.4, -0.2) is 38.3 Å². The molecular weight excluding hydrogens is 391 g/mol. The van der Waals surface area contributed by atoms with Crippen molar-refractivity contribution in [1.29, 1.82) is 0 Å². The van der Waals surface area contributed by atoms with Crippen molar-refractivity contribution in [3.05, 3.63) is 65.5 Å². The number of benzene rings is 2. The smallest absolute Gasteiger partial charge is 0.243 e. The van der Waals surface area contributed by atoms with Gasteiger partial charge in [-0.1, -0.05) is 29.8 Å². The summed E-state index contributed by atoms with van der Waals surface area (Å²) in [4.78, 5) is 12.6. The molecule has 0 bridgehead atoms. The zero-order chi connectivity index (χ0) is 20.9. The van der Waals surface area contributed by atoms with E-state index in [0.29, 0.717) is 25.9 Å². The number of amides is 1. The van der Waals surface area contributed by atoms with Crippen LogP contribution in [-0.2, 0) is 21.2 Å². The van der Waals surface area contributed by atoms with Crippen molar-refractivity contribution in [3.63, 3.8) is 0 Å². The number of halogens is 1. The number of hydrogen-bond donors (Lipinski definition) is 1. The van der Waals surface area contributed by atoms with E-state index in [1.807, 2.05) is 6.92 Å². The van der Waals surface area contributed by atoms with E-state index in [-0.39, 0.29) is 23.3 Å². The molecule has 2 aromatic rings. The maximum atomic E-state index is 13.1. The highest BCUT2D eigenvalue weighted by atomic mass is 32.2. The molecule has 0 saturated carbocycles. The van der Waals surface area contributed by atoms with E-state index >= 15 is 0 Å². The molecule has 5 nitrogen and oxygen atoms in total. The molecule has 0 aromatic heterocycles. The average Bonchev–Trinajstić information content (AvgIpc) is 2.73. The Hall–Kier alpha value is -2.25. The molecule has 3 rings (SSSR count). The van der Waals surface area contributed by atoms with Gasteiger partial charge in [-0.15, -0.1) is 0 Å². The number of rotatable bonds is 7. The molecule has 1 heterocycles. The van der Waals surface area contributed by atoms with E-state index in [9.17, 15) is 17.6 Å². The second-order valence-corrected chi connectivity index (χ2v) is 9.47. The number of piperidine rings is 1. The van der Waals surface area contributed by atoms with Gasteiger partial charge in [-0.25, -0.2) is 12.8 Å². The fourth-order valence-corrected chi connectivity index (χ4v) is 5.06. The van der Waals surface area contributed by atoms with Crippen molar-refractivity contribution >= 4 is 15.9 Å². The number of aryl methyl sites for hydroxylation is 2. The average molecular weight is 419 g/mol. The van der Waals surface area contributed by atoms with Crippen LogP contribution in [0.15, 0.2) is 53.4 Å². The lowest BCUT2D eigenvalue weighted by Gasteiger charge is -2.31. The second-order valence-electron chi connectivity index (χ2n) is 7.54. The first-order valence-corrected chi connectivity index (χ1v) is 11.4. The van der Waals surface area contributed by atoms with Crippen LogP contribution in [0.25, 0.3) is 0 Å². The van der Waals surface area contributed by atoms with Gasteiger partial charge in [0, 0.05) is 19.6 Å². The van der Waals surface area contributed by atoms with E-state index in [0.717, 1.165) is 25.0 Å². The zero-order valence-corrected chi connectivity index (χ0v) is 17.4. The van der Waals surface area contributed by atoms with Crippen molar-refractivity contribution in [2.75, 3.05) is 19.6 Å². The molecule has 1 aliphatic heterocycles. The normalized spacial score (nSPS) is 17.8. The molecule has 1 unspecified atom stereocenters. The maximum Gasteiger partial charge on any atom is 0.243 e. The third-order valence-corrected chi connectivity index (χ3v) is 7.15. The van der Waals surface area contributed by atoms with Crippen LogP contribution in [0.3, 0.4) is 0 Å². The van der Waals surface area contributed by atoms with Crippen molar-refractivity contribution < 1.29 is 17.6 Å². The van der Waals surface area contributed by atoms with Gasteiger partial charge in [0.05, 0.1) is 10.8 Å². The van der Waals surface area contributed by atoms with Crippen LogP contribution in [0.1, 0.15) is 30.4 Å². The molecule has 29 heavy (non-hydrogen) atoms. The van der Waals surface area contributed by atoms with Crippen LogP contribution >= 0.6 is 0 Å². The van der Waals surface area contributed by atoms with Crippen LogP contribution in [0.5, 0.6) is 0 Å². The fourth-order valence-electron chi connectivity index (χ4n) is 3.53. The Morgan fingerprint density at radius 3 is 2.52 bits per heavy atom. The van der Waals surface area contributed by atoms with Crippen molar-refractivity contribution in [3.8, 4) is 0 Å². The number of nitrogens with zero attached hydrogens (tertiary/aromatic N) is 1. The molecule has 0 spiro atoms. The van der Waals surface area contributed by atoms with Crippen molar-refractivity contribution in [2.45, 2.75) is 37.5 Å². The molecule has 0 aliphatic carbocycles. The van der Waals surface area contributed by atoms with Crippen molar-refractivity contribution in [1.82, 2.24) is 9.62 Å². The summed E-state index contributed by atoms with van der Waals surface area (Å²) in [5, 5.41) is 2.94. The van der Waals surface area contributed by atoms with Gasteiger partial charge in [-0.05, 0) is 62.4 Å². The summed E-state index contributed by atoms with van der Waals surface area (Å²) in [5.74, 6) is -0.947. The van der Waals surface area contributed by atoms with Gasteiger partial charge in [0.15, 0.2) is 0 Å². The molecule has 1 aliphatic rings. The van der Waals surface area contributed by atoms with Crippen LogP contribution in [0.2, 0.25) is 0 Å². The maximum absolute atomic E-state index is 13.1. The Bertz CT molecular complexity index is 928. The van der Waals surface area contributed by atoms with Gasteiger partial charge in [0.2, 0.25) is 15.9 Å². The summed E-state index contributed by atoms with van der Waals surface area (Å²) < 4.78 is 40.0. The Morgan fingerprint density at radius 1 is 1.14 bits per heavy atom. The third-order valence-electron chi connectivity index (χ3n) is 5.27. The minimum absolute atomic E-state index is 0.0538. The van der Waals surface area contributed by atoms with Crippen LogP contribution in [0.4, 0.5) is 4.39 Å². The third kappa shape index (κ3) is 5.64. The molecule has 2 aromatic carbocycles. The topological polar surface area (TPSA) is 66.5 Å². The van der Waals surface area contributed by atoms with Gasteiger partial charge < -0.3 is 5.32 Å².